The number of carbonyl (C=O) groups excluding carboxylic acids is 2. The lowest BCUT2D eigenvalue weighted by atomic mass is 10.0. The molecule has 2 aromatic carbocycles. The molecule has 1 heterocycles. The van der Waals surface area contributed by atoms with Crippen LogP contribution in [0.5, 0.6) is 0 Å². The fourth-order valence-electron chi connectivity index (χ4n) is 2.76. The first kappa shape index (κ1) is 18.2. The minimum absolute atomic E-state index is 0.231. The van der Waals surface area contributed by atoms with E-state index in [2.05, 4.69) is 10.3 Å². The molecule has 1 aliphatic heterocycles. The van der Waals surface area contributed by atoms with E-state index >= 15 is 0 Å². The van der Waals surface area contributed by atoms with Crippen molar-refractivity contribution in [3.8, 4) is 0 Å². The van der Waals surface area contributed by atoms with Crippen molar-refractivity contribution in [1.82, 2.24) is 5.32 Å². The summed E-state index contributed by atoms with van der Waals surface area (Å²) in [5.41, 5.74) is 2.39. The van der Waals surface area contributed by atoms with Gasteiger partial charge in [0.25, 0.3) is 5.91 Å². The highest BCUT2D eigenvalue weighted by Gasteiger charge is 2.38. The van der Waals surface area contributed by atoms with Crippen molar-refractivity contribution in [2.45, 2.75) is 25.1 Å². The Labute approximate surface area is 156 Å². The summed E-state index contributed by atoms with van der Waals surface area (Å²) in [4.78, 5) is 29.5. The van der Waals surface area contributed by atoms with Crippen LogP contribution in [0.1, 0.15) is 34.5 Å². The van der Waals surface area contributed by atoms with Crippen molar-refractivity contribution < 1.29 is 14.3 Å². The molecule has 0 aromatic heterocycles. The highest BCUT2D eigenvalue weighted by molar-refractivity contribution is 8.15. The molecule has 0 saturated heterocycles. The van der Waals surface area contributed by atoms with Crippen LogP contribution in [0.4, 0.5) is 0 Å². The Morgan fingerprint density at radius 3 is 2.50 bits per heavy atom. The minimum Gasteiger partial charge on any atom is -0.465 e. The summed E-state index contributed by atoms with van der Waals surface area (Å²) < 4.78 is 5.19. The van der Waals surface area contributed by atoms with E-state index in [9.17, 15) is 9.59 Å². The fraction of sp³-hybridized carbons (Fsp3) is 0.250. The number of ether oxygens (including phenoxy) is 1. The maximum Gasteiger partial charge on any atom is 0.322 e. The molecule has 5 nitrogen and oxygen atoms in total. The number of amidine groups is 1. The van der Waals surface area contributed by atoms with Crippen LogP contribution in [-0.2, 0) is 9.53 Å². The summed E-state index contributed by atoms with van der Waals surface area (Å²) in [5.74, 6) is -0.555. The van der Waals surface area contributed by atoms with E-state index in [1.807, 2.05) is 55.5 Å². The smallest absolute Gasteiger partial charge is 0.322 e. The van der Waals surface area contributed by atoms with Gasteiger partial charge >= 0.3 is 5.97 Å². The van der Waals surface area contributed by atoms with Gasteiger partial charge in [0.15, 0.2) is 5.17 Å². The van der Waals surface area contributed by atoms with Gasteiger partial charge in [0.2, 0.25) is 0 Å². The van der Waals surface area contributed by atoms with Gasteiger partial charge in [-0.1, -0.05) is 60.3 Å². The number of nitrogens with zero attached hydrogens (tertiary/aromatic N) is 1. The van der Waals surface area contributed by atoms with Gasteiger partial charge in [-0.3, -0.25) is 14.6 Å². The molecule has 2 unspecified atom stereocenters. The third-order valence-corrected chi connectivity index (χ3v) is 5.19. The summed E-state index contributed by atoms with van der Waals surface area (Å²) in [5, 5.41) is 2.75. The average molecular weight is 368 g/mol. The molecule has 1 amide bonds. The quantitative estimate of drug-likeness (QED) is 0.839. The second kappa shape index (κ2) is 8.19. The molecule has 0 radical (unpaired) electrons. The number of hydrogen-bond donors (Lipinski definition) is 1. The summed E-state index contributed by atoms with van der Waals surface area (Å²) in [6, 6.07) is 16.5. The second-order valence-electron chi connectivity index (χ2n) is 5.85. The first-order chi connectivity index (χ1) is 12.6. The molecular weight excluding hydrogens is 348 g/mol. The van der Waals surface area contributed by atoms with Gasteiger partial charge in [-0.05, 0) is 31.0 Å². The predicted octanol–water partition coefficient (Wildman–Crippen LogP) is 3.50. The Bertz CT molecular complexity index is 836. The lowest BCUT2D eigenvalue weighted by Gasteiger charge is -2.15. The second-order valence-corrected chi connectivity index (χ2v) is 6.98. The van der Waals surface area contributed by atoms with Gasteiger partial charge in [-0.25, -0.2) is 0 Å². The van der Waals surface area contributed by atoms with Gasteiger partial charge in [0, 0.05) is 5.56 Å². The number of benzene rings is 2. The highest BCUT2D eigenvalue weighted by atomic mass is 32.2. The lowest BCUT2D eigenvalue weighted by Crippen LogP contribution is -2.29. The molecule has 0 bridgehead atoms. The van der Waals surface area contributed by atoms with Crippen molar-refractivity contribution in [3.05, 3.63) is 71.3 Å². The van der Waals surface area contributed by atoms with Crippen LogP contribution in [0.3, 0.4) is 0 Å². The zero-order valence-electron chi connectivity index (χ0n) is 14.6. The first-order valence-corrected chi connectivity index (χ1v) is 9.31. The van der Waals surface area contributed by atoms with Crippen LogP contribution in [-0.4, -0.2) is 28.9 Å². The number of aliphatic imine (C=N–C) groups is 1. The van der Waals surface area contributed by atoms with Crippen molar-refractivity contribution in [1.29, 1.82) is 0 Å². The first-order valence-electron chi connectivity index (χ1n) is 8.43. The zero-order valence-corrected chi connectivity index (χ0v) is 15.5. The Morgan fingerprint density at radius 2 is 1.81 bits per heavy atom. The minimum atomic E-state index is -0.510. The highest BCUT2D eigenvalue weighted by Crippen LogP contribution is 2.37. The van der Waals surface area contributed by atoms with Gasteiger partial charge in [0.05, 0.1) is 6.61 Å². The van der Waals surface area contributed by atoms with E-state index in [0.717, 1.165) is 11.1 Å². The third-order valence-electron chi connectivity index (χ3n) is 4.05. The van der Waals surface area contributed by atoms with Gasteiger partial charge < -0.3 is 10.1 Å². The molecule has 2 atom stereocenters. The summed E-state index contributed by atoms with van der Waals surface area (Å²) in [6.45, 7) is 3.96. The van der Waals surface area contributed by atoms with E-state index in [0.29, 0.717) is 17.3 Å². The normalized spacial score (nSPS) is 18.9. The third kappa shape index (κ3) is 3.96. The maximum atomic E-state index is 12.5. The SMILES string of the molecule is CCOC(=O)C1SC(NC(=O)c2ccccc2C)=NC1c1ccccc1. The molecule has 134 valence electrons. The largest absolute Gasteiger partial charge is 0.465 e. The zero-order chi connectivity index (χ0) is 18.5. The van der Waals surface area contributed by atoms with E-state index in [-0.39, 0.29) is 17.9 Å². The molecule has 1 N–H and O–H groups in total. The number of rotatable bonds is 4. The molecule has 3 rings (SSSR count). The molecule has 1 aliphatic rings. The summed E-state index contributed by atoms with van der Waals surface area (Å²) in [7, 11) is 0. The standard InChI is InChI=1S/C20H20N2O3S/c1-3-25-19(24)17-16(14-10-5-4-6-11-14)21-20(26-17)22-18(23)15-12-8-7-9-13(15)2/h4-12,16-17H,3H2,1-2H3,(H,21,22,23). The molecule has 0 fully saturated rings. The number of hydrogen-bond acceptors (Lipinski definition) is 5. The molecule has 26 heavy (non-hydrogen) atoms. The van der Waals surface area contributed by atoms with Crippen molar-refractivity contribution in [3.63, 3.8) is 0 Å². The molecule has 0 aliphatic carbocycles. The number of carbonyl (C=O) groups is 2. The van der Waals surface area contributed by atoms with E-state index in [4.69, 9.17) is 4.74 Å². The van der Waals surface area contributed by atoms with Crippen LogP contribution in [0.25, 0.3) is 0 Å². The average Bonchev–Trinajstić information content (AvgIpc) is 3.07. The van der Waals surface area contributed by atoms with E-state index in [1.54, 1.807) is 13.0 Å². The number of aryl methyl sites for hydroxylation is 1. The van der Waals surface area contributed by atoms with Crippen molar-refractivity contribution >= 4 is 28.8 Å². The molecule has 0 spiro atoms. The monoisotopic (exact) mass is 368 g/mol. The Hall–Kier alpha value is -2.60. The Morgan fingerprint density at radius 1 is 1.12 bits per heavy atom. The molecular formula is C20H20N2O3S. The fourth-order valence-corrected chi connectivity index (χ4v) is 3.84. The lowest BCUT2D eigenvalue weighted by molar-refractivity contribution is -0.142. The van der Waals surface area contributed by atoms with Crippen LogP contribution < -0.4 is 5.32 Å². The van der Waals surface area contributed by atoms with E-state index in [1.165, 1.54) is 11.8 Å². The maximum absolute atomic E-state index is 12.5. The Kier molecular flexibility index (Phi) is 5.73. The van der Waals surface area contributed by atoms with Crippen LogP contribution in [0.2, 0.25) is 0 Å². The molecule has 6 heteroatoms. The van der Waals surface area contributed by atoms with Gasteiger partial charge in [-0.2, -0.15) is 0 Å². The van der Waals surface area contributed by atoms with Crippen LogP contribution in [0.15, 0.2) is 59.6 Å². The van der Waals surface area contributed by atoms with Crippen LogP contribution >= 0.6 is 11.8 Å². The predicted molar refractivity (Wildman–Crippen MR) is 103 cm³/mol. The topological polar surface area (TPSA) is 67.8 Å². The van der Waals surface area contributed by atoms with E-state index < -0.39 is 5.25 Å². The van der Waals surface area contributed by atoms with Gasteiger partial charge in [0.1, 0.15) is 11.3 Å². The van der Waals surface area contributed by atoms with Crippen molar-refractivity contribution in [2.75, 3.05) is 6.61 Å². The number of amides is 1. The Balaban J connectivity index is 1.82. The number of thioether (sulfide) groups is 1. The molecule has 0 saturated carbocycles. The van der Waals surface area contributed by atoms with Crippen LogP contribution in [0, 0.1) is 6.92 Å². The summed E-state index contributed by atoms with van der Waals surface area (Å²) in [6.07, 6.45) is 0. The molecule has 2 aromatic rings. The number of esters is 1. The van der Waals surface area contributed by atoms with Crippen molar-refractivity contribution in [2.24, 2.45) is 4.99 Å². The number of nitrogens with one attached hydrogen (secondary N) is 1. The summed E-state index contributed by atoms with van der Waals surface area (Å²) >= 11 is 1.23. The van der Waals surface area contributed by atoms with Gasteiger partial charge in [-0.15, -0.1) is 0 Å².